The van der Waals surface area contributed by atoms with Crippen molar-refractivity contribution in [2.75, 3.05) is 32.7 Å². The number of aromatic nitrogens is 2. The van der Waals surface area contributed by atoms with Crippen LogP contribution in [0.4, 0.5) is 0 Å². The highest BCUT2D eigenvalue weighted by Gasteiger charge is 2.09. The van der Waals surface area contributed by atoms with E-state index >= 15 is 0 Å². The maximum Gasteiger partial charge on any atom is 0.0522 e. The standard InChI is InChI=1S/C13H24N4/c1-16-12-13(11-15-16)5-7-14-6-4-10-17-8-2-3-9-17/h11-12,14H,2-10H2,1H3. The molecule has 4 heteroatoms. The highest BCUT2D eigenvalue weighted by atomic mass is 15.2. The van der Waals surface area contributed by atoms with Crippen LogP contribution in [0.2, 0.25) is 0 Å². The first kappa shape index (κ1) is 12.6. The maximum absolute atomic E-state index is 4.17. The normalized spacial score (nSPS) is 16.8. The smallest absolute Gasteiger partial charge is 0.0522 e. The van der Waals surface area contributed by atoms with Gasteiger partial charge in [0.15, 0.2) is 0 Å². The van der Waals surface area contributed by atoms with E-state index in [4.69, 9.17) is 0 Å². The predicted octanol–water partition coefficient (Wildman–Crippen LogP) is 1.04. The molecule has 1 aliphatic rings. The molecule has 1 aromatic rings. The molecule has 0 aliphatic carbocycles. The monoisotopic (exact) mass is 236 g/mol. The highest BCUT2D eigenvalue weighted by Crippen LogP contribution is 2.06. The van der Waals surface area contributed by atoms with Crippen LogP contribution in [0.3, 0.4) is 0 Å². The van der Waals surface area contributed by atoms with Crippen LogP contribution in [0.1, 0.15) is 24.8 Å². The molecule has 96 valence electrons. The lowest BCUT2D eigenvalue weighted by Gasteiger charge is -2.14. The van der Waals surface area contributed by atoms with Crippen LogP contribution in [0.25, 0.3) is 0 Å². The van der Waals surface area contributed by atoms with E-state index in [1.54, 1.807) is 0 Å². The summed E-state index contributed by atoms with van der Waals surface area (Å²) in [7, 11) is 1.97. The molecular weight excluding hydrogens is 212 g/mol. The largest absolute Gasteiger partial charge is 0.316 e. The second kappa shape index (κ2) is 6.77. The molecule has 4 nitrogen and oxygen atoms in total. The van der Waals surface area contributed by atoms with E-state index in [2.05, 4.69) is 21.5 Å². The molecule has 2 rings (SSSR count). The lowest BCUT2D eigenvalue weighted by Crippen LogP contribution is -2.25. The van der Waals surface area contributed by atoms with Gasteiger partial charge in [-0.25, -0.2) is 0 Å². The molecule has 1 fully saturated rings. The first-order chi connectivity index (χ1) is 8.34. The van der Waals surface area contributed by atoms with E-state index in [-0.39, 0.29) is 0 Å². The van der Waals surface area contributed by atoms with Gasteiger partial charge in [0.25, 0.3) is 0 Å². The fourth-order valence-corrected chi connectivity index (χ4v) is 2.39. The SMILES string of the molecule is Cn1cc(CCNCCCN2CCCC2)cn1. The van der Waals surface area contributed by atoms with Crippen molar-refractivity contribution < 1.29 is 0 Å². The van der Waals surface area contributed by atoms with E-state index < -0.39 is 0 Å². The Balaban J connectivity index is 1.46. The first-order valence-corrected chi connectivity index (χ1v) is 6.75. The van der Waals surface area contributed by atoms with Crippen molar-refractivity contribution in [2.24, 2.45) is 7.05 Å². The zero-order valence-electron chi connectivity index (χ0n) is 10.9. The van der Waals surface area contributed by atoms with Crippen LogP contribution in [0.15, 0.2) is 12.4 Å². The Hall–Kier alpha value is -0.870. The van der Waals surface area contributed by atoms with Gasteiger partial charge in [-0.3, -0.25) is 4.68 Å². The Kier molecular flexibility index (Phi) is 5.01. The average molecular weight is 236 g/mol. The van der Waals surface area contributed by atoms with Crippen molar-refractivity contribution in [2.45, 2.75) is 25.7 Å². The van der Waals surface area contributed by atoms with Crippen LogP contribution in [-0.4, -0.2) is 47.4 Å². The topological polar surface area (TPSA) is 33.1 Å². The summed E-state index contributed by atoms with van der Waals surface area (Å²) in [5, 5.41) is 7.67. The number of nitrogens with zero attached hydrogens (tertiary/aromatic N) is 3. The van der Waals surface area contributed by atoms with Gasteiger partial charge in [0.05, 0.1) is 6.20 Å². The summed E-state index contributed by atoms with van der Waals surface area (Å²) in [4.78, 5) is 2.57. The van der Waals surface area contributed by atoms with Crippen molar-refractivity contribution in [1.82, 2.24) is 20.0 Å². The predicted molar refractivity (Wildman–Crippen MR) is 70.1 cm³/mol. The second-order valence-electron chi connectivity index (χ2n) is 4.92. The molecule has 17 heavy (non-hydrogen) atoms. The van der Waals surface area contributed by atoms with Crippen LogP contribution in [0, 0.1) is 0 Å². The molecule has 0 atom stereocenters. The Morgan fingerprint density at radius 3 is 2.82 bits per heavy atom. The summed E-state index contributed by atoms with van der Waals surface area (Å²) in [6.07, 6.45) is 9.19. The van der Waals surface area contributed by atoms with Gasteiger partial charge in [0, 0.05) is 13.2 Å². The van der Waals surface area contributed by atoms with E-state index in [9.17, 15) is 0 Å². The van der Waals surface area contributed by atoms with E-state index in [1.807, 2.05) is 17.9 Å². The number of aryl methyl sites for hydroxylation is 1. The van der Waals surface area contributed by atoms with Crippen LogP contribution >= 0.6 is 0 Å². The fraction of sp³-hybridized carbons (Fsp3) is 0.769. The van der Waals surface area contributed by atoms with Gasteiger partial charge in [0.2, 0.25) is 0 Å². The Labute approximate surface area is 104 Å². The van der Waals surface area contributed by atoms with Gasteiger partial charge in [-0.2, -0.15) is 5.10 Å². The number of nitrogens with one attached hydrogen (secondary N) is 1. The Morgan fingerprint density at radius 2 is 2.12 bits per heavy atom. The van der Waals surface area contributed by atoms with Crippen LogP contribution < -0.4 is 5.32 Å². The first-order valence-electron chi connectivity index (χ1n) is 6.75. The zero-order chi connectivity index (χ0) is 11.9. The third kappa shape index (κ3) is 4.48. The van der Waals surface area contributed by atoms with Crippen LogP contribution in [0.5, 0.6) is 0 Å². The Bertz CT molecular complexity index is 315. The highest BCUT2D eigenvalue weighted by molar-refractivity contribution is 5.03. The number of rotatable bonds is 7. The van der Waals surface area contributed by atoms with Gasteiger partial charge in [-0.1, -0.05) is 0 Å². The lowest BCUT2D eigenvalue weighted by molar-refractivity contribution is 0.331. The molecule has 1 aliphatic heterocycles. The molecule has 0 spiro atoms. The van der Waals surface area contributed by atoms with Gasteiger partial charge >= 0.3 is 0 Å². The summed E-state index contributed by atoms with van der Waals surface area (Å²) in [5.41, 5.74) is 1.32. The lowest BCUT2D eigenvalue weighted by atomic mass is 10.2. The quantitative estimate of drug-likeness (QED) is 0.718. The molecule has 1 N–H and O–H groups in total. The molecule has 0 radical (unpaired) electrons. The molecule has 0 unspecified atom stereocenters. The summed E-state index contributed by atoms with van der Waals surface area (Å²) in [6.45, 7) is 6.09. The summed E-state index contributed by atoms with van der Waals surface area (Å²) < 4.78 is 1.86. The summed E-state index contributed by atoms with van der Waals surface area (Å²) >= 11 is 0. The van der Waals surface area contributed by atoms with Gasteiger partial charge in [-0.05, 0) is 64.0 Å². The molecule has 0 aromatic carbocycles. The number of likely N-dealkylation sites (tertiary alicyclic amines) is 1. The van der Waals surface area contributed by atoms with Crippen molar-refractivity contribution in [1.29, 1.82) is 0 Å². The van der Waals surface area contributed by atoms with Crippen molar-refractivity contribution >= 4 is 0 Å². The minimum atomic E-state index is 1.06. The molecule has 1 saturated heterocycles. The zero-order valence-corrected chi connectivity index (χ0v) is 10.9. The molecular formula is C13H24N4. The van der Waals surface area contributed by atoms with Gasteiger partial charge in [-0.15, -0.1) is 0 Å². The van der Waals surface area contributed by atoms with E-state index in [1.165, 1.54) is 44.5 Å². The number of hydrogen-bond donors (Lipinski definition) is 1. The van der Waals surface area contributed by atoms with Crippen molar-refractivity contribution in [3.63, 3.8) is 0 Å². The molecule has 2 heterocycles. The Morgan fingerprint density at radius 1 is 1.29 bits per heavy atom. The molecule has 0 bridgehead atoms. The minimum absolute atomic E-state index is 1.06. The van der Waals surface area contributed by atoms with Gasteiger partial charge in [0.1, 0.15) is 0 Å². The molecule has 0 saturated carbocycles. The van der Waals surface area contributed by atoms with Gasteiger partial charge < -0.3 is 10.2 Å². The fourth-order valence-electron chi connectivity index (χ4n) is 2.39. The summed E-state index contributed by atoms with van der Waals surface area (Å²) in [5.74, 6) is 0. The van der Waals surface area contributed by atoms with Crippen molar-refractivity contribution in [3.05, 3.63) is 18.0 Å². The van der Waals surface area contributed by atoms with Crippen LogP contribution in [-0.2, 0) is 13.5 Å². The number of hydrogen-bond acceptors (Lipinski definition) is 3. The third-order valence-corrected chi connectivity index (χ3v) is 3.38. The van der Waals surface area contributed by atoms with E-state index in [0.717, 1.165) is 19.5 Å². The minimum Gasteiger partial charge on any atom is -0.316 e. The third-order valence-electron chi connectivity index (χ3n) is 3.38. The molecule has 1 aromatic heterocycles. The second-order valence-corrected chi connectivity index (χ2v) is 4.92. The average Bonchev–Trinajstić information content (AvgIpc) is 2.95. The maximum atomic E-state index is 4.17. The van der Waals surface area contributed by atoms with Crippen molar-refractivity contribution in [3.8, 4) is 0 Å². The molecule has 0 amide bonds. The summed E-state index contributed by atoms with van der Waals surface area (Å²) in [6, 6.07) is 0. The van der Waals surface area contributed by atoms with E-state index in [0.29, 0.717) is 0 Å².